The summed E-state index contributed by atoms with van der Waals surface area (Å²) in [4.78, 5) is 24.8. The van der Waals surface area contributed by atoms with Crippen LogP contribution in [-0.2, 0) is 14.8 Å². The van der Waals surface area contributed by atoms with Crippen LogP contribution in [0.5, 0.6) is 0 Å². The van der Waals surface area contributed by atoms with E-state index in [1.165, 1.54) is 10.4 Å². The van der Waals surface area contributed by atoms with Crippen molar-refractivity contribution in [3.8, 4) is 0 Å². The minimum atomic E-state index is -3.62. The minimum Gasteiger partial charge on any atom is -0.354 e. The van der Waals surface area contributed by atoms with Gasteiger partial charge in [-0.3, -0.25) is 9.59 Å². The van der Waals surface area contributed by atoms with Crippen molar-refractivity contribution < 1.29 is 18.0 Å². The van der Waals surface area contributed by atoms with Gasteiger partial charge in [0, 0.05) is 25.2 Å². The number of carbonyl (C=O) groups is 2. The van der Waals surface area contributed by atoms with Gasteiger partial charge >= 0.3 is 0 Å². The maximum Gasteiger partial charge on any atom is 0.251 e. The van der Waals surface area contributed by atoms with Gasteiger partial charge < -0.3 is 10.6 Å². The van der Waals surface area contributed by atoms with Crippen molar-refractivity contribution in [1.29, 1.82) is 0 Å². The van der Waals surface area contributed by atoms with Crippen molar-refractivity contribution in [2.24, 2.45) is 0 Å². The lowest BCUT2D eigenvalue weighted by Gasteiger charge is -2.26. The predicted octanol–water partition coefficient (Wildman–Crippen LogP) is 1.57. The van der Waals surface area contributed by atoms with Gasteiger partial charge in [-0.1, -0.05) is 12.5 Å². The average molecular weight is 394 g/mol. The second kappa shape index (κ2) is 8.39. The van der Waals surface area contributed by atoms with Gasteiger partial charge in [-0.25, -0.2) is 8.42 Å². The number of nitrogens with one attached hydrogen (secondary N) is 2. The fourth-order valence-electron chi connectivity index (χ4n) is 3.58. The Morgan fingerprint density at radius 3 is 2.63 bits per heavy atom. The van der Waals surface area contributed by atoms with Gasteiger partial charge in [0.15, 0.2) is 0 Å². The van der Waals surface area contributed by atoms with E-state index in [0.717, 1.165) is 32.1 Å². The van der Waals surface area contributed by atoms with E-state index >= 15 is 0 Å². The number of benzene rings is 1. The van der Waals surface area contributed by atoms with E-state index in [-0.39, 0.29) is 16.4 Å². The highest BCUT2D eigenvalue weighted by atomic mass is 32.2. The second-order valence-corrected chi connectivity index (χ2v) is 9.16. The van der Waals surface area contributed by atoms with Crippen LogP contribution in [0.15, 0.2) is 23.1 Å². The molecule has 27 heavy (non-hydrogen) atoms. The topological polar surface area (TPSA) is 95.6 Å². The zero-order valence-electron chi connectivity index (χ0n) is 15.7. The second-order valence-electron chi connectivity index (χ2n) is 7.26. The summed E-state index contributed by atoms with van der Waals surface area (Å²) >= 11 is 0. The molecule has 8 heteroatoms. The fraction of sp³-hybridized carbons (Fsp3) is 0.579. The first-order chi connectivity index (χ1) is 12.9. The molecule has 2 N–H and O–H groups in total. The van der Waals surface area contributed by atoms with Crippen LogP contribution >= 0.6 is 0 Å². The third-order valence-electron chi connectivity index (χ3n) is 5.22. The standard InChI is InChI=1S/C19H27N3O4S/c1-14-8-9-15(18(23)21-16-7-3-4-10-20-19(16)24)13-17(14)27(25,26)22-11-5-2-6-12-22/h8-9,13,16H,2-7,10-12H2,1H3,(H,20,24)(H,21,23). The quantitative estimate of drug-likeness (QED) is 0.812. The van der Waals surface area contributed by atoms with Crippen LogP contribution in [0.1, 0.15) is 54.4 Å². The summed E-state index contributed by atoms with van der Waals surface area (Å²) in [7, 11) is -3.62. The van der Waals surface area contributed by atoms with Gasteiger partial charge in [0.2, 0.25) is 15.9 Å². The summed E-state index contributed by atoms with van der Waals surface area (Å²) in [6.07, 6.45) is 5.08. The van der Waals surface area contributed by atoms with Crippen molar-refractivity contribution in [2.75, 3.05) is 19.6 Å². The molecule has 2 aliphatic rings. The number of aryl methyl sites for hydroxylation is 1. The third-order valence-corrected chi connectivity index (χ3v) is 7.26. The molecule has 0 radical (unpaired) electrons. The van der Waals surface area contributed by atoms with E-state index < -0.39 is 22.0 Å². The van der Waals surface area contributed by atoms with Crippen molar-refractivity contribution in [1.82, 2.24) is 14.9 Å². The molecule has 3 rings (SSSR count). The Labute approximate surface area is 160 Å². The summed E-state index contributed by atoms with van der Waals surface area (Å²) in [5.41, 5.74) is 0.873. The van der Waals surface area contributed by atoms with Crippen LogP contribution in [0.2, 0.25) is 0 Å². The number of sulfonamides is 1. The minimum absolute atomic E-state index is 0.169. The summed E-state index contributed by atoms with van der Waals surface area (Å²) in [6, 6.07) is 4.11. The highest BCUT2D eigenvalue weighted by Crippen LogP contribution is 2.24. The van der Waals surface area contributed by atoms with Crippen LogP contribution < -0.4 is 10.6 Å². The van der Waals surface area contributed by atoms with Crippen LogP contribution in [0.3, 0.4) is 0 Å². The molecular weight excluding hydrogens is 366 g/mol. The molecule has 2 amide bonds. The Balaban J connectivity index is 1.82. The summed E-state index contributed by atoms with van der Waals surface area (Å²) in [6.45, 7) is 3.38. The molecule has 2 saturated heterocycles. The van der Waals surface area contributed by atoms with Gasteiger partial charge in [-0.2, -0.15) is 4.31 Å². The van der Waals surface area contributed by atoms with Crippen molar-refractivity contribution in [3.63, 3.8) is 0 Å². The van der Waals surface area contributed by atoms with E-state index in [1.807, 2.05) is 0 Å². The monoisotopic (exact) mass is 393 g/mol. The smallest absolute Gasteiger partial charge is 0.251 e. The molecule has 0 spiro atoms. The molecule has 0 saturated carbocycles. The molecule has 1 unspecified atom stereocenters. The molecule has 0 bridgehead atoms. The van der Waals surface area contributed by atoms with Gasteiger partial charge in [0.05, 0.1) is 4.90 Å². The number of piperidine rings is 1. The Hall–Kier alpha value is -1.93. The normalized spacial score (nSPS) is 22.0. The molecule has 2 aliphatic heterocycles. The lowest BCUT2D eigenvalue weighted by atomic mass is 10.1. The molecule has 7 nitrogen and oxygen atoms in total. The predicted molar refractivity (Wildman–Crippen MR) is 102 cm³/mol. The number of rotatable bonds is 4. The van der Waals surface area contributed by atoms with E-state index in [0.29, 0.717) is 31.6 Å². The molecule has 1 atom stereocenters. The Bertz CT molecular complexity index is 816. The van der Waals surface area contributed by atoms with Crippen molar-refractivity contribution in [2.45, 2.75) is 56.4 Å². The molecule has 2 heterocycles. The SMILES string of the molecule is Cc1ccc(C(=O)NC2CCCCNC2=O)cc1S(=O)(=O)N1CCCCC1. The van der Waals surface area contributed by atoms with Gasteiger partial charge in [-0.15, -0.1) is 0 Å². The van der Waals surface area contributed by atoms with Crippen molar-refractivity contribution >= 4 is 21.8 Å². The van der Waals surface area contributed by atoms with E-state index in [4.69, 9.17) is 0 Å². The number of amides is 2. The maximum atomic E-state index is 13.0. The largest absolute Gasteiger partial charge is 0.354 e. The first-order valence-corrected chi connectivity index (χ1v) is 11.0. The molecule has 0 aromatic heterocycles. The number of carbonyl (C=O) groups excluding carboxylic acids is 2. The van der Waals surface area contributed by atoms with Crippen LogP contribution in [0.25, 0.3) is 0 Å². The zero-order valence-corrected chi connectivity index (χ0v) is 16.5. The van der Waals surface area contributed by atoms with E-state index in [1.54, 1.807) is 19.1 Å². The molecule has 0 aliphatic carbocycles. The van der Waals surface area contributed by atoms with Gasteiger partial charge in [0.25, 0.3) is 5.91 Å². The average Bonchev–Trinajstić information content (AvgIpc) is 2.87. The van der Waals surface area contributed by atoms with Crippen LogP contribution in [0, 0.1) is 6.92 Å². The van der Waals surface area contributed by atoms with E-state index in [9.17, 15) is 18.0 Å². The van der Waals surface area contributed by atoms with Crippen molar-refractivity contribution in [3.05, 3.63) is 29.3 Å². The lowest BCUT2D eigenvalue weighted by Crippen LogP contribution is -2.45. The summed E-state index contributed by atoms with van der Waals surface area (Å²) in [5, 5.41) is 5.53. The number of nitrogens with zero attached hydrogens (tertiary/aromatic N) is 1. The fourth-order valence-corrected chi connectivity index (χ4v) is 5.35. The Morgan fingerprint density at radius 1 is 1.15 bits per heavy atom. The number of hydrogen-bond acceptors (Lipinski definition) is 4. The molecule has 2 fully saturated rings. The van der Waals surface area contributed by atoms with E-state index in [2.05, 4.69) is 10.6 Å². The molecule has 1 aromatic carbocycles. The molecule has 1 aromatic rings. The Kier molecular flexibility index (Phi) is 6.16. The summed E-state index contributed by atoms with van der Waals surface area (Å²) in [5.74, 6) is -0.610. The first kappa shape index (κ1) is 19.8. The first-order valence-electron chi connectivity index (χ1n) is 9.59. The highest BCUT2D eigenvalue weighted by Gasteiger charge is 2.29. The van der Waals surface area contributed by atoms with Gasteiger partial charge in [-0.05, 0) is 56.7 Å². The van der Waals surface area contributed by atoms with Crippen LogP contribution in [-0.4, -0.2) is 50.2 Å². The molecular formula is C19H27N3O4S. The number of hydrogen-bond donors (Lipinski definition) is 2. The zero-order chi connectivity index (χ0) is 19.4. The van der Waals surface area contributed by atoms with Gasteiger partial charge in [0.1, 0.15) is 6.04 Å². The summed E-state index contributed by atoms with van der Waals surface area (Å²) < 4.78 is 27.5. The highest BCUT2D eigenvalue weighted by molar-refractivity contribution is 7.89. The van der Waals surface area contributed by atoms with Crippen LogP contribution in [0.4, 0.5) is 0 Å². The Morgan fingerprint density at radius 2 is 1.89 bits per heavy atom. The molecule has 148 valence electrons. The maximum absolute atomic E-state index is 13.0. The lowest BCUT2D eigenvalue weighted by molar-refractivity contribution is -0.122. The third kappa shape index (κ3) is 4.50.